The average molecular weight is 306 g/mol. The Kier molecular flexibility index (Phi) is 4.86. The minimum Gasteiger partial charge on any atom is -0.267 e. The van der Waals surface area contributed by atoms with Crippen molar-refractivity contribution in [3.05, 3.63) is 60.2 Å². The van der Waals surface area contributed by atoms with Crippen LogP contribution in [0.3, 0.4) is 0 Å². The van der Waals surface area contributed by atoms with E-state index in [-0.39, 0.29) is 5.91 Å². The van der Waals surface area contributed by atoms with Gasteiger partial charge in [-0.25, -0.2) is 5.43 Å². The highest BCUT2D eigenvalue weighted by Gasteiger charge is 2.21. The van der Waals surface area contributed by atoms with Crippen LogP contribution in [0.15, 0.2) is 59.7 Å². The number of hydrogen-bond acceptors (Lipinski definition) is 2. The zero-order valence-electron chi connectivity index (χ0n) is 13.5. The lowest BCUT2D eigenvalue weighted by atomic mass is 10.0. The summed E-state index contributed by atoms with van der Waals surface area (Å²) in [6, 6.07) is 17.8. The molecule has 3 nitrogen and oxygen atoms in total. The zero-order valence-corrected chi connectivity index (χ0v) is 13.5. The summed E-state index contributed by atoms with van der Waals surface area (Å²) in [7, 11) is 0. The quantitative estimate of drug-likeness (QED) is 0.821. The van der Waals surface area contributed by atoms with E-state index in [2.05, 4.69) is 29.6 Å². The van der Waals surface area contributed by atoms with E-state index < -0.39 is 0 Å². The second-order valence-corrected chi connectivity index (χ2v) is 5.98. The molecule has 1 aliphatic carbocycles. The van der Waals surface area contributed by atoms with Crippen LogP contribution in [0.25, 0.3) is 11.1 Å². The van der Waals surface area contributed by atoms with E-state index in [1.54, 1.807) is 0 Å². The lowest BCUT2D eigenvalue weighted by Crippen LogP contribution is -2.20. The normalized spacial score (nSPS) is 19.0. The summed E-state index contributed by atoms with van der Waals surface area (Å²) in [5.74, 6) is 0.398. The van der Waals surface area contributed by atoms with Gasteiger partial charge >= 0.3 is 0 Å². The van der Waals surface area contributed by atoms with Crippen LogP contribution in [0.4, 0.5) is 0 Å². The van der Waals surface area contributed by atoms with E-state index in [4.69, 9.17) is 0 Å². The topological polar surface area (TPSA) is 41.5 Å². The van der Waals surface area contributed by atoms with E-state index >= 15 is 0 Å². The first-order valence-electron chi connectivity index (χ1n) is 8.30. The van der Waals surface area contributed by atoms with Crippen LogP contribution in [0.5, 0.6) is 0 Å². The minimum absolute atomic E-state index is 0.140. The Morgan fingerprint density at radius 3 is 2.48 bits per heavy atom. The van der Waals surface area contributed by atoms with Gasteiger partial charge in [0, 0.05) is 11.3 Å². The van der Waals surface area contributed by atoms with Crippen LogP contribution < -0.4 is 5.43 Å². The number of benzene rings is 2. The molecule has 2 aromatic rings. The fraction of sp³-hybridized carbons (Fsp3) is 0.300. The average Bonchev–Trinajstić information content (AvgIpc) is 3.08. The van der Waals surface area contributed by atoms with Crippen molar-refractivity contribution in [1.82, 2.24) is 5.43 Å². The molecule has 3 rings (SSSR count). The summed E-state index contributed by atoms with van der Waals surface area (Å²) < 4.78 is 0. The molecule has 0 bridgehead atoms. The monoisotopic (exact) mass is 306 g/mol. The number of carbonyl (C=O) groups excluding carboxylic acids is 1. The van der Waals surface area contributed by atoms with Crippen LogP contribution in [0.1, 0.15) is 43.0 Å². The minimum atomic E-state index is -0.140. The van der Waals surface area contributed by atoms with Gasteiger partial charge in [0.25, 0.3) is 5.91 Å². The summed E-state index contributed by atoms with van der Waals surface area (Å²) in [6.07, 6.45) is 4.47. The molecule has 0 unspecified atom stereocenters. The molecule has 0 aliphatic heterocycles. The third-order valence-corrected chi connectivity index (χ3v) is 4.50. The molecule has 0 heterocycles. The van der Waals surface area contributed by atoms with Crippen molar-refractivity contribution in [1.29, 1.82) is 0 Å². The standard InChI is InChI=1S/C20H22N2O/c1-2-15-9-6-10-19(15)21-22-20(23)18-13-11-17(12-14-18)16-7-4-3-5-8-16/h3-5,7-8,11-15H,2,6,9-10H2,1H3,(H,22,23)/b21-19-/t15-/m0/s1. The van der Waals surface area contributed by atoms with Crippen LogP contribution in [0, 0.1) is 5.92 Å². The van der Waals surface area contributed by atoms with Gasteiger partial charge in [-0.3, -0.25) is 4.79 Å². The Labute approximate surface area is 137 Å². The van der Waals surface area contributed by atoms with Gasteiger partial charge in [-0.2, -0.15) is 5.10 Å². The molecule has 0 aromatic heterocycles. The van der Waals surface area contributed by atoms with Crippen molar-refractivity contribution in [2.75, 3.05) is 0 Å². The molecule has 1 saturated carbocycles. The van der Waals surface area contributed by atoms with E-state index in [0.29, 0.717) is 11.5 Å². The van der Waals surface area contributed by atoms with Crippen molar-refractivity contribution in [3.8, 4) is 11.1 Å². The van der Waals surface area contributed by atoms with Gasteiger partial charge in [0.15, 0.2) is 0 Å². The first-order chi connectivity index (χ1) is 11.3. The number of rotatable bonds is 4. The van der Waals surface area contributed by atoms with Crippen LogP contribution >= 0.6 is 0 Å². The molecule has 0 saturated heterocycles. The summed E-state index contributed by atoms with van der Waals surface area (Å²) in [5, 5.41) is 4.35. The van der Waals surface area contributed by atoms with Crippen molar-refractivity contribution < 1.29 is 4.79 Å². The molecule has 1 amide bonds. The molecule has 2 aromatic carbocycles. The molecule has 23 heavy (non-hydrogen) atoms. The Hall–Kier alpha value is -2.42. The number of nitrogens with zero attached hydrogens (tertiary/aromatic N) is 1. The number of carbonyl (C=O) groups is 1. The second-order valence-electron chi connectivity index (χ2n) is 5.98. The van der Waals surface area contributed by atoms with Gasteiger partial charge in [-0.15, -0.1) is 0 Å². The highest BCUT2D eigenvalue weighted by atomic mass is 16.2. The fourth-order valence-corrected chi connectivity index (χ4v) is 3.12. The number of nitrogens with one attached hydrogen (secondary N) is 1. The molecular formula is C20H22N2O. The summed E-state index contributed by atoms with van der Waals surface area (Å²) >= 11 is 0. The molecule has 0 spiro atoms. The van der Waals surface area contributed by atoms with Crippen LogP contribution in [0.2, 0.25) is 0 Å². The molecule has 1 fully saturated rings. The third-order valence-electron chi connectivity index (χ3n) is 4.50. The summed E-state index contributed by atoms with van der Waals surface area (Å²) in [6.45, 7) is 2.18. The predicted octanol–water partition coefficient (Wildman–Crippen LogP) is 4.65. The van der Waals surface area contributed by atoms with Gasteiger partial charge in [-0.1, -0.05) is 49.4 Å². The lowest BCUT2D eigenvalue weighted by molar-refractivity contribution is 0.0954. The van der Waals surface area contributed by atoms with Gasteiger partial charge < -0.3 is 0 Å². The van der Waals surface area contributed by atoms with Crippen molar-refractivity contribution in [2.24, 2.45) is 11.0 Å². The van der Waals surface area contributed by atoms with Crippen molar-refractivity contribution >= 4 is 11.6 Å². The van der Waals surface area contributed by atoms with E-state index in [0.717, 1.165) is 29.7 Å². The fourth-order valence-electron chi connectivity index (χ4n) is 3.12. The van der Waals surface area contributed by atoms with Gasteiger partial charge in [-0.05, 0) is 54.9 Å². The van der Waals surface area contributed by atoms with Gasteiger partial charge in [0.05, 0.1) is 0 Å². The first-order valence-corrected chi connectivity index (χ1v) is 8.30. The molecule has 0 radical (unpaired) electrons. The smallest absolute Gasteiger partial charge is 0.267 e. The summed E-state index contributed by atoms with van der Waals surface area (Å²) in [5.41, 5.74) is 6.75. The molecule has 118 valence electrons. The lowest BCUT2D eigenvalue weighted by Gasteiger charge is -2.08. The Morgan fingerprint density at radius 1 is 1.09 bits per heavy atom. The molecular weight excluding hydrogens is 284 g/mol. The first kappa shape index (κ1) is 15.5. The highest BCUT2D eigenvalue weighted by molar-refractivity contribution is 5.96. The van der Waals surface area contributed by atoms with Gasteiger partial charge in [0.1, 0.15) is 0 Å². The molecule has 1 N–H and O–H groups in total. The highest BCUT2D eigenvalue weighted by Crippen LogP contribution is 2.25. The predicted molar refractivity (Wildman–Crippen MR) is 94.4 cm³/mol. The molecule has 3 heteroatoms. The second kappa shape index (κ2) is 7.23. The van der Waals surface area contributed by atoms with E-state index in [1.807, 2.05) is 42.5 Å². The van der Waals surface area contributed by atoms with Crippen LogP contribution in [-0.4, -0.2) is 11.6 Å². The maximum Gasteiger partial charge on any atom is 0.271 e. The number of hydrazone groups is 1. The summed E-state index contributed by atoms with van der Waals surface area (Å²) in [4.78, 5) is 12.2. The zero-order chi connectivity index (χ0) is 16.1. The number of hydrogen-bond donors (Lipinski definition) is 1. The third kappa shape index (κ3) is 3.67. The Balaban J connectivity index is 1.67. The SMILES string of the molecule is CC[C@H]1CCC/C1=N/NC(=O)c1ccc(-c2ccccc2)cc1. The molecule has 1 aliphatic rings. The van der Waals surface area contributed by atoms with E-state index in [1.165, 1.54) is 12.8 Å². The van der Waals surface area contributed by atoms with Crippen molar-refractivity contribution in [2.45, 2.75) is 32.6 Å². The maximum absolute atomic E-state index is 12.2. The molecule has 1 atom stereocenters. The van der Waals surface area contributed by atoms with Crippen LogP contribution in [-0.2, 0) is 0 Å². The Bertz CT molecular complexity index is 689. The largest absolute Gasteiger partial charge is 0.271 e. The van der Waals surface area contributed by atoms with Gasteiger partial charge in [0.2, 0.25) is 0 Å². The van der Waals surface area contributed by atoms with E-state index in [9.17, 15) is 4.79 Å². The maximum atomic E-state index is 12.2. The number of amides is 1. The Morgan fingerprint density at radius 2 is 1.78 bits per heavy atom. The van der Waals surface area contributed by atoms with Crippen molar-refractivity contribution in [3.63, 3.8) is 0 Å².